The molecule has 0 radical (unpaired) electrons. The van der Waals surface area contributed by atoms with E-state index in [4.69, 9.17) is 10.00 Å². The second-order valence-electron chi connectivity index (χ2n) is 3.81. The van der Waals surface area contributed by atoms with E-state index >= 15 is 0 Å². The van der Waals surface area contributed by atoms with E-state index in [0.717, 1.165) is 0 Å². The lowest BCUT2D eigenvalue weighted by Gasteiger charge is -2.15. The molecular weight excluding hydrogens is 235 g/mol. The third kappa shape index (κ3) is 4.52. The number of halogens is 1. The van der Waals surface area contributed by atoms with Gasteiger partial charge in [0.2, 0.25) is 5.91 Å². The Morgan fingerprint density at radius 3 is 2.89 bits per heavy atom. The fourth-order valence-electron chi connectivity index (χ4n) is 1.32. The van der Waals surface area contributed by atoms with Gasteiger partial charge in [-0.15, -0.1) is 0 Å². The minimum absolute atomic E-state index is 0.0600. The van der Waals surface area contributed by atoms with Gasteiger partial charge in [-0.05, 0) is 6.07 Å². The number of rotatable bonds is 6. The van der Waals surface area contributed by atoms with Crippen molar-refractivity contribution in [1.82, 2.24) is 4.90 Å². The molecule has 0 aliphatic heterocycles. The quantitative estimate of drug-likeness (QED) is 0.772. The number of ether oxygens (including phenoxy) is 1. The van der Waals surface area contributed by atoms with Crippen LogP contribution in [0.4, 0.5) is 4.39 Å². The number of hydrogen-bond acceptors (Lipinski definition) is 3. The number of nitriles is 1. The summed E-state index contributed by atoms with van der Waals surface area (Å²) in [6.45, 7) is 0.319. The van der Waals surface area contributed by atoms with Crippen LogP contribution in [0.15, 0.2) is 24.3 Å². The molecule has 0 fully saturated rings. The Hall–Kier alpha value is -1.93. The van der Waals surface area contributed by atoms with Crippen LogP contribution in [0.25, 0.3) is 0 Å². The highest BCUT2D eigenvalue weighted by Gasteiger charge is 2.09. The van der Waals surface area contributed by atoms with Crippen LogP contribution in [0.5, 0.6) is 0 Å². The summed E-state index contributed by atoms with van der Waals surface area (Å²) in [6, 6.07) is 8.22. The Balaban J connectivity index is 2.32. The maximum absolute atomic E-state index is 13.2. The van der Waals surface area contributed by atoms with Crippen molar-refractivity contribution < 1.29 is 13.9 Å². The molecule has 0 atom stereocenters. The van der Waals surface area contributed by atoms with E-state index < -0.39 is 0 Å². The molecule has 0 aliphatic rings. The fraction of sp³-hybridized carbons (Fsp3) is 0.385. The highest BCUT2D eigenvalue weighted by Crippen LogP contribution is 2.07. The molecule has 1 aromatic rings. The molecule has 0 unspecified atom stereocenters. The van der Waals surface area contributed by atoms with Gasteiger partial charge in [-0.2, -0.15) is 5.26 Å². The summed E-state index contributed by atoms with van der Waals surface area (Å²) in [4.78, 5) is 12.9. The van der Waals surface area contributed by atoms with E-state index in [1.54, 1.807) is 25.2 Å². The van der Waals surface area contributed by atoms with Crippen LogP contribution in [-0.2, 0) is 16.1 Å². The van der Waals surface area contributed by atoms with Crippen LogP contribution >= 0.6 is 0 Å². The minimum atomic E-state index is -0.345. The molecule has 18 heavy (non-hydrogen) atoms. The first-order valence-corrected chi connectivity index (χ1v) is 5.57. The lowest BCUT2D eigenvalue weighted by molar-refractivity contribution is -0.135. The van der Waals surface area contributed by atoms with Crippen molar-refractivity contribution in [3.63, 3.8) is 0 Å². The standard InChI is InChI=1S/C13H15FN2O2/c1-16(8-4-7-15)13(17)10-18-9-11-5-2-3-6-12(11)14/h2-3,5-6H,4,8-10H2,1H3. The molecule has 0 spiro atoms. The Bertz CT molecular complexity index is 443. The van der Waals surface area contributed by atoms with Crippen LogP contribution in [-0.4, -0.2) is 31.0 Å². The van der Waals surface area contributed by atoms with E-state index in [2.05, 4.69) is 0 Å². The average Bonchev–Trinajstić information content (AvgIpc) is 2.38. The summed E-state index contributed by atoms with van der Waals surface area (Å²) < 4.78 is 18.4. The number of hydrogen-bond donors (Lipinski definition) is 0. The molecule has 0 saturated heterocycles. The van der Waals surface area contributed by atoms with Gasteiger partial charge in [0, 0.05) is 19.2 Å². The predicted octanol–water partition coefficient (Wildman–Crippen LogP) is 1.71. The van der Waals surface area contributed by atoms with Crippen molar-refractivity contribution in [2.45, 2.75) is 13.0 Å². The van der Waals surface area contributed by atoms with Crippen LogP contribution in [0.3, 0.4) is 0 Å². The normalized spacial score (nSPS) is 9.83. The smallest absolute Gasteiger partial charge is 0.248 e. The Morgan fingerprint density at radius 1 is 1.50 bits per heavy atom. The number of nitrogens with zero attached hydrogens (tertiary/aromatic N) is 2. The first kappa shape index (κ1) is 14.1. The zero-order chi connectivity index (χ0) is 13.4. The first-order chi connectivity index (χ1) is 8.65. The van der Waals surface area contributed by atoms with Gasteiger partial charge in [0.1, 0.15) is 12.4 Å². The van der Waals surface area contributed by atoms with Gasteiger partial charge in [-0.3, -0.25) is 4.79 Å². The van der Waals surface area contributed by atoms with E-state index in [0.29, 0.717) is 12.1 Å². The summed E-state index contributed by atoms with van der Waals surface area (Å²) in [6.07, 6.45) is 0.287. The van der Waals surface area contributed by atoms with Crippen molar-refractivity contribution in [3.05, 3.63) is 35.6 Å². The van der Waals surface area contributed by atoms with Crippen molar-refractivity contribution >= 4 is 5.91 Å². The second-order valence-corrected chi connectivity index (χ2v) is 3.81. The highest BCUT2D eigenvalue weighted by molar-refractivity contribution is 5.77. The summed E-state index contributed by atoms with van der Waals surface area (Å²) in [7, 11) is 1.60. The third-order valence-corrected chi connectivity index (χ3v) is 2.43. The molecule has 0 heterocycles. The Labute approximate surface area is 106 Å². The fourth-order valence-corrected chi connectivity index (χ4v) is 1.32. The van der Waals surface area contributed by atoms with Gasteiger partial charge in [-0.25, -0.2) is 4.39 Å². The SMILES string of the molecule is CN(CCC#N)C(=O)COCc1ccccc1F. The third-order valence-electron chi connectivity index (χ3n) is 2.43. The molecule has 0 saturated carbocycles. The van der Waals surface area contributed by atoms with Gasteiger partial charge in [0.05, 0.1) is 19.1 Å². The summed E-state index contributed by atoms with van der Waals surface area (Å²) >= 11 is 0. The molecule has 5 heteroatoms. The van der Waals surface area contributed by atoms with Crippen molar-refractivity contribution in [3.8, 4) is 6.07 Å². The minimum Gasteiger partial charge on any atom is -0.367 e. The number of amides is 1. The topological polar surface area (TPSA) is 53.3 Å². The number of benzene rings is 1. The van der Waals surface area contributed by atoms with Crippen molar-refractivity contribution in [1.29, 1.82) is 5.26 Å². The summed E-state index contributed by atoms with van der Waals surface area (Å²) in [5.74, 6) is -0.565. The van der Waals surface area contributed by atoms with Crippen molar-refractivity contribution in [2.75, 3.05) is 20.2 Å². The van der Waals surface area contributed by atoms with E-state index in [1.165, 1.54) is 11.0 Å². The van der Waals surface area contributed by atoms with Crippen LogP contribution in [0, 0.1) is 17.1 Å². The molecule has 96 valence electrons. The maximum atomic E-state index is 13.2. The van der Waals surface area contributed by atoms with Crippen LogP contribution in [0.1, 0.15) is 12.0 Å². The molecule has 1 rings (SSSR count). The van der Waals surface area contributed by atoms with E-state index in [1.807, 2.05) is 6.07 Å². The number of likely N-dealkylation sites (N-methyl/N-ethyl adjacent to an activating group) is 1. The maximum Gasteiger partial charge on any atom is 0.248 e. The molecular formula is C13H15FN2O2. The number of carbonyl (C=O) groups excluding carboxylic acids is 1. The lowest BCUT2D eigenvalue weighted by atomic mass is 10.2. The molecule has 0 bridgehead atoms. The lowest BCUT2D eigenvalue weighted by Crippen LogP contribution is -2.31. The molecule has 1 amide bonds. The van der Waals surface area contributed by atoms with Crippen LogP contribution in [0.2, 0.25) is 0 Å². The van der Waals surface area contributed by atoms with Crippen LogP contribution < -0.4 is 0 Å². The molecule has 4 nitrogen and oxygen atoms in total. The second kappa shape index (κ2) is 7.41. The predicted molar refractivity (Wildman–Crippen MR) is 63.9 cm³/mol. The summed E-state index contributed by atoms with van der Waals surface area (Å²) in [5.41, 5.74) is 0.421. The van der Waals surface area contributed by atoms with Gasteiger partial charge >= 0.3 is 0 Å². The Kier molecular flexibility index (Phi) is 5.81. The highest BCUT2D eigenvalue weighted by atomic mass is 19.1. The number of carbonyl (C=O) groups is 1. The molecule has 0 aromatic heterocycles. The van der Waals surface area contributed by atoms with Crippen molar-refractivity contribution in [2.24, 2.45) is 0 Å². The molecule has 0 N–H and O–H groups in total. The van der Waals surface area contributed by atoms with E-state index in [-0.39, 0.29) is 31.4 Å². The molecule has 1 aromatic carbocycles. The largest absolute Gasteiger partial charge is 0.367 e. The Morgan fingerprint density at radius 2 is 2.22 bits per heavy atom. The average molecular weight is 250 g/mol. The first-order valence-electron chi connectivity index (χ1n) is 5.57. The van der Waals surface area contributed by atoms with Gasteiger partial charge < -0.3 is 9.64 Å². The van der Waals surface area contributed by atoms with E-state index in [9.17, 15) is 9.18 Å². The zero-order valence-electron chi connectivity index (χ0n) is 10.2. The molecule has 0 aliphatic carbocycles. The zero-order valence-corrected chi connectivity index (χ0v) is 10.2. The van der Waals surface area contributed by atoms with Gasteiger partial charge in [0.25, 0.3) is 0 Å². The summed E-state index contributed by atoms with van der Waals surface area (Å²) in [5, 5.41) is 8.39. The van der Waals surface area contributed by atoms with Gasteiger partial charge in [0.15, 0.2) is 0 Å². The monoisotopic (exact) mass is 250 g/mol. The van der Waals surface area contributed by atoms with Gasteiger partial charge in [-0.1, -0.05) is 18.2 Å².